The molecule has 2 atom stereocenters. The van der Waals surface area contributed by atoms with E-state index in [1.165, 1.54) is 45.0 Å². The maximum atomic E-state index is 2.51. The van der Waals surface area contributed by atoms with Crippen molar-refractivity contribution in [2.45, 2.75) is 11.8 Å². The molecule has 0 amide bonds. The number of hydrogen-bond donors (Lipinski definition) is 0. The van der Waals surface area contributed by atoms with Gasteiger partial charge in [-0.25, -0.2) is 0 Å². The van der Waals surface area contributed by atoms with Crippen molar-refractivity contribution >= 4 is 22.7 Å². The van der Waals surface area contributed by atoms with Gasteiger partial charge in [0.2, 0.25) is 0 Å². The zero-order valence-corrected chi connectivity index (χ0v) is 25.9. The second-order valence-electron chi connectivity index (χ2n) is 11.3. The number of para-hydroxylation sites is 4. The number of benzene rings is 4. The zero-order chi connectivity index (χ0) is 25.4. The van der Waals surface area contributed by atoms with Crippen LogP contribution < -0.4 is 19.6 Å². The first-order valence-corrected chi connectivity index (χ1v) is 13.7. The first kappa shape index (κ1) is 29.2. The largest absolute Gasteiger partial charge is 0.504 e. The van der Waals surface area contributed by atoms with Crippen molar-refractivity contribution in [2.24, 2.45) is 11.8 Å². The molecular formula is C36H38N4Rh-4. The van der Waals surface area contributed by atoms with Crippen molar-refractivity contribution in [3.63, 3.8) is 0 Å². The Morgan fingerprint density at radius 2 is 0.780 bits per heavy atom. The number of rotatable bonds is 4. The molecule has 0 aromatic heterocycles. The van der Waals surface area contributed by atoms with Gasteiger partial charge in [-0.1, -0.05) is 72.8 Å². The summed E-state index contributed by atoms with van der Waals surface area (Å²) in [5.74, 6) is 1.73. The summed E-state index contributed by atoms with van der Waals surface area (Å²) >= 11 is 0. The van der Waals surface area contributed by atoms with Gasteiger partial charge in [0.1, 0.15) is 0 Å². The summed E-state index contributed by atoms with van der Waals surface area (Å²) in [6.45, 7) is 6.60. The summed E-state index contributed by atoms with van der Waals surface area (Å²) in [5, 5.41) is 0. The van der Waals surface area contributed by atoms with Crippen LogP contribution in [0.1, 0.15) is 34.1 Å². The van der Waals surface area contributed by atoms with Gasteiger partial charge in [0, 0.05) is 54.1 Å². The molecule has 2 heterocycles. The van der Waals surface area contributed by atoms with Crippen LogP contribution >= 0.6 is 0 Å². The fourth-order valence-corrected chi connectivity index (χ4v) is 7.81. The fraction of sp³-hybridized carbons (Fsp3) is 0.222. The normalized spacial score (nSPS) is 22.6. The Kier molecular flexibility index (Phi) is 7.96. The van der Waals surface area contributed by atoms with E-state index >= 15 is 0 Å². The topological polar surface area (TPSA) is 13.0 Å². The minimum absolute atomic E-state index is 0. The average Bonchev–Trinajstić information content (AvgIpc) is 3.45. The van der Waals surface area contributed by atoms with E-state index in [9.17, 15) is 0 Å². The molecule has 4 nitrogen and oxygen atoms in total. The van der Waals surface area contributed by atoms with Crippen molar-refractivity contribution in [1.82, 2.24) is 0 Å². The molecule has 5 heteroatoms. The van der Waals surface area contributed by atoms with Crippen molar-refractivity contribution < 1.29 is 19.5 Å². The number of fused-ring (bicyclic) bond motifs is 3. The summed E-state index contributed by atoms with van der Waals surface area (Å²) in [7, 11) is 4.33. The zero-order valence-electron chi connectivity index (χ0n) is 24.2. The maximum absolute atomic E-state index is 2.51. The second kappa shape index (κ2) is 11.2. The summed E-state index contributed by atoms with van der Waals surface area (Å²) in [4.78, 5) is 9.55. The molecule has 9 rings (SSSR count). The molecule has 1 radical (unpaired) electrons. The van der Waals surface area contributed by atoms with Gasteiger partial charge in [0.05, 0.1) is 0 Å². The average molecular weight is 630 g/mol. The van der Waals surface area contributed by atoms with E-state index in [0.717, 1.165) is 13.1 Å². The van der Waals surface area contributed by atoms with Crippen LogP contribution in [0.3, 0.4) is 0 Å². The molecule has 2 aliphatic heterocycles. The van der Waals surface area contributed by atoms with Crippen LogP contribution in [-0.2, 0) is 19.5 Å². The van der Waals surface area contributed by atoms with E-state index < -0.39 is 0 Å². The van der Waals surface area contributed by atoms with Crippen molar-refractivity contribution in [1.29, 1.82) is 0 Å². The van der Waals surface area contributed by atoms with Crippen LogP contribution in [0, 0.1) is 40.0 Å². The number of nitrogens with zero attached hydrogens (tertiary/aromatic N) is 4. The molecule has 0 spiro atoms. The number of hydrogen-bond acceptors (Lipinski definition) is 4. The van der Waals surface area contributed by atoms with Crippen molar-refractivity contribution in [2.75, 3.05) is 46.8 Å². The van der Waals surface area contributed by atoms with Gasteiger partial charge in [-0.05, 0) is 85.5 Å². The minimum Gasteiger partial charge on any atom is -0.504 e. The summed E-state index contributed by atoms with van der Waals surface area (Å²) in [6, 6.07) is 36.1. The van der Waals surface area contributed by atoms with E-state index in [-0.39, 0.29) is 34.3 Å². The standard InChI is InChI=1S/C34H32N4.2CH3.Rh/c1-35-21-37(31-17-9-7-15-29(31)35)19-27-28(20-38-22-36(2)30-16-8-10-18-32(30)38)34-25-13-5-3-11-23(25)33(27)24-12-4-6-14-26(24)34;;;/h3-18,21-22,27-28,33-34H,19-20H2,1-2H3;2*1H3;/q-2;2*-1;. The quantitative estimate of drug-likeness (QED) is 0.171. The smallest absolute Gasteiger partial charge is 0.0299 e. The molecular weight excluding hydrogens is 591 g/mol. The van der Waals surface area contributed by atoms with E-state index in [1.54, 1.807) is 0 Å². The van der Waals surface area contributed by atoms with Gasteiger partial charge in [0.15, 0.2) is 0 Å². The molecule has 3 aliphatic carbocycles. The van der Waals surface area contributed by atoms with Gasteiger partial charge in [-0.3, -0.25) is 0 Å². The Hall–Kier alpha value is -3.30. The molecule has 0 fully saturated rings. The van der Waals surface area contributed by atoms with E-state index in [2.05, 4.69) is 144 Å². The molecule has 2 bridgehead atoms. The van der Waals surface area contributed by atoms with E-state index in [0.29, 0.717) is 23.7 Å². The van der Waals surface area contributed by atoms with Crippen LogP contribution in [-0.4, -0.2) is 27.2 Å². The van der Waals surface area contributed by atoms with Crippen molar-refractivity contribution in [3.05, 3.63) is 148 Å². The van der Waals surface area contributed by atoms with Gasteiger partial charge in [-0.2, -0.15) is 13.3 Å². The minimum atomic E-state index is 0. The predicted molar refractivity (Wildman–Crippen MR) is 169 cm³/mol. The van der Waals surface area contributed by atoms with Crippen molar-refractivity contribution in [3.8, 4) is 0 Å². The van der Waals surface area contributed by atoms with Gasteiger partial charge in [-0.15, -0.1) is 0 Å². The van der Waals surface area contributed by atoms with Gasteiger partial charge in [0.25, 0.3) is 0 Å². The Morgan fingerprint density at radius 1 is 0.488 bits per heavy atom. The van der Waals surface area contributed by atoms with Gasteiger partial charge < -0.3 is 34.5 Å². The molecule has 4 aromatic rings. The first-order valence-electron chi connectivity index (χ1n) is 13.7. The van der Waals surface area contributed by atoms with Crippen LogP contribution in [0.4, 0.5) is 22.7 Å². The van der Waals surface area contributed by atoms with Crippen LogP contribution in [0.5, 0.6) is 0 Å². The maximum Gasteiger partial charge on any atom is 0.0299 e. The molecule has 2 unspecified atom stereocenters. The fourth-order valence-electron chi connectivity index (χ4n) is 7.81. The van der Waals surface area contributed by atoms with Crippen LogP contribution in [0.25, 0.3) is 0 Å². The molecule has 5 aliphatic rings. The molecule has 0 N–H and O–H groups in total. The predicted octanol–water partition coefficient (Wildman–Crippen LogP) is 7.56. The van der Waals surface area contributed by atoms with Gasteiger partial charge >= 0.3 is 0 Å². The third kappa shape index (κ3) is 4.36. The molecule has 4 aromatic carbocycles. The summed E-state index contributed by atoms with van der Waals surface area (Å²) in [5.41, 5.74) is 11.3. The molecule has 0 saturated carbocycles. The van der Waals surface area contributed by atoms with E-state index in [1.807, 2.05) is 0 Å². The Balaban J connectivity index is 0.00000112. The molecule has 215 valence electrons. The molecule has 41 heavy (non-hydrogen) atoms. The van der Waals surface area contributed by atoms with Crippen LogP contribution in [0.15, 0.2) is 97.1 Å². The Morgan fingerprint density at radius 3 is 1.12 bits per heavy atom. The third-order valence-electron chi connectivity index (χ3n) is 9.32. The summed E-state index contributed by atoms with van der Waals surface area (Å²) < 4.78 is 0. The monoisotopic (exact) mass is 629 g/mol. The second-order valence-corrected chi connectivity index (χ2v) is 11.3. The number of anilines is 4. The van der Waals surface area contributed by atoms with Crippen LogP contribution in [0.2, 0.25) is 0 Å². The third-order valence-corrected chi connectivity index (χ3v) is 9.32. The van der Waals surface area contributed by atoms with E-state index in [4.69, 9.17) is 0 Å². The SMILES string of the molecule is CN1[CH-]N(CC2C3c4ccccc4C(c4ccccc43)C2CN2[CH-]N(C)c3ccccc32)c2ccccc21.[CH3-].[CH3-].[Rh]. The molecule has 0 saturated heterocycles. The Bertz CT molecular complexity index is 1370. The first-order chi connectivity index (χ1) is 18.7. The summed E-state index contributed by atoms with van der Waals surface area (Å²) in [6.07, 6.45) is 0. The Labute approximate surface area is 259 Å².